The van der Waals surface area contributed by atoms with E-state index in [9.17, 15) is 0 Å². The molecule has 0 radical (unpaired) electrons. The summed E-state index contributed by atoms with van der Waals surface area (Å²) in [6.45, 7) is 6.87. The molecule has 0 amide bonds. The van der Waals surface area contributed by atoms with E-state index in [-0.39, 0.29) is 0 Å². The van der Waals surface area contributed by atoms with E-state index in [1.807, 2.05) is 0 Å². The number of nitrogens with zero attached hydrogens (tertiary/aromatic N) is 1. The van der Waals surface area contributed by atoms with Crippen molar-refractivity contribution < 1.29 is 4.57 Å². The zero-order valence-corrected chi connectivity index (χ0v) is 16.4. The molecule has 0 atom stereocenters. The second-order valence-electron chi connectivity index (χ2n) is 9.13. The molecule has 132 valence electrons. The summed E-state index contributed by atoms with van der Waals surface area (Å²) in [5.41, 5.74) is 9.49. The van der Waals surface area contributed by atoms with Gasteiger partial charge in [-0.2, -0.15) is 0 Å². The van der Waals surface area contributed by atoms with Crippen molar-refractivity contribution in [1.82, 2.24) is 0 Å². The molecule has 1 fully saturated rings. The minimum absolute atomic E-state index is 0.608. The molecule has 1 heterocycles. The van der Waals surface area contributed by atoms with Crippen LogP contribution in [0.25, 0.3) is 11.3 Å². The molecule has 1 aromatic carbocycles. The predicted octanol–water partition coefficient (Wildman–Crippen LogP) is 5.34. The maximum Gasteiger partial charge on any atom is 0.212 e. The number of benzene rings is 1. The van der Waals surface area contributed by atoms with Crippen molar-refractivity contribution in [3.8, 4) is 11.3 Å². The van der Waals surface area contributed by atoms with Crippen LogP contribution in [-0.2, 0) is 26.3 Å². The van der Waals surface area contributed by atoms with Crippen LogP contribution in [0.2, 0.25) is 0 Å². The SMILES string of the molecule is Cc1cc2c(cc1-c1ccc(CC(C)C)c[n+]1C)CC1(CCCC1)C2. The van der Waals surface area contributed by atoms with E-state index in [1.165, 1.54) is 60.9 Å². The summed E-state index contributed by atoms with van der Waals surface area (Å²) < 4.78 is 2.33. The molecular formula is C24H32N+. The highest BCUT2D eigenvalue weighted by Crippen LogP contribution is 2.49. The Morgan fingerprint density at radius 1 is 1.04 bits per heavy atom. The first-order valence-electron chi connectivity index (χ1n) is 10.1. The van der Waals surface area contributed by atoms with Crippen LogP contribution in [0.1, 0.15) is 61.8 Å². The van der Waals surface area contributed by atoms with Crippen LogP contribution in [-0.4, -0.2) is 0 Å². The maximum absolute atomic E-state index is 2.51. The summed E-state index contributed by atoms with van der Waals surface area (Å²) >= 11 is 0. The number of hydrogen-bond acceptors (Lipinski definition) is 0. The van der Waals surface area contributed by atoms with Crippen LogP contribution in [0.15, 0.2) is 30.5 Å². The van der Waals surface area contributed by atoms with Crippen molar-refractivity contribution in [3.63, 3.8) is 0 Å². The maximum atomic E-state index is 2.51. The van der Waals surface area contributed by atoms with Crippen LogP contribution in [0.3, 0.4) is 0 Å². The number of fused-ring (bicyclic) bond motifs is 1. The smallest absolute Gasteiger partial charge is 0.201 e. The number of rotatable bonds is 3. The summed E-state index contributed by atoms with van der Waals surface area (Å²) in [4.78, 5) is 0. The monoisotopic (exact) mass is 334 g/mol. The van der Waals surface area contributed by atoms with Gasteiger partial charge in [0, 0.05) is 17.2 Å². The fourth-order valence-electron chi connectivity index (χ4n) is 5.30. The average Bonchev–Trinajstić information content (AvgIpc) is 3.12. The fourth-order valence-corrected chi connectivity index (χ4v) is 5.30. The summed E-state index contributed by atoms with van der Waals surface area (Å²) in [7, 11) is 2.20. The van der Waals surface area contributed by atoms with Crippen LogP contribution < -0.4 is 4.57 Å². The first-order chi connectivity index (χ1) is 12.0. The molecule has 1 nitrogen and oxygen atoms in total. The standard InChI is InChI=1S/C24H32N/c1-17(2)11-19-7-8-23(25(4)16-19)22-13-21-15-24(9-5-6-10-24)14-20(21)12-18(22)3/h7-8,12-13,16-17H,5-6,9-11,14-15H2,1-4H3/q+1. The molecule has 25 heavy (non-hydrogen) atoms. The topological polar surface area (TPSA) is 3.88 Å². The van der Waals surface area contributed by atoms with E-state index in [0.29, 0.717) is 11.3 Å². The van der Waals surface area contributed by atoms with E-state index >= 15 is 0 Å². The Kier molecular flexibility index (Phi) is 4.22. The quantitative estimate of drug-likeness (QED) is 0.667. The molecule has 0 N–H and O–H groups in total. The molecule has 2 aliphatic rings. The highest BCUT2D eigenvalue weighted by Gasteiger charge is 2.39. The summed E-state index contributed by atoms with van der Waals surface area (Å²) in [6.07, 6.45) is 11.9. The molecule has 1 saturated carbocycles. The largest absolute Gasteiger partial charge is 0.212 e. The zero-order chi connectivity index (χ0) is 17.6. The van der Waals surface area contributed by atoms with Gasteiger partial charge in [0.15, 0.2) is 6.20 Å². The summed E-state index contributed by atoms with van der Waals surface area (Å²) in [6, 6.07) is 9.64. The van der Waals surface area contributed by atoms with Crippen molar-refractivity contribution in [2.24, 2.45) is 18.4 Å². The lowest BCUT2D eigenvalue weighted by Crippen LogP contribution is -2.31. The lowest BCUT2D eigenvalue weighted by molar-refractivity contribution is -0.660. The number of aryl methyl sites for hydroxylation is 2. The molecule has 0 saturated heterocycles. The minimum Gasteiger partial charge on any atom is -0.201 e. The highest BCUT2D eigenvalue weighted by atomic mass is 14.9. The lowest BCUT2D eigenvalue weighted by Gasteiger charge is -2.21. The molecule has 0 unspecified atom stereocenters. The molecular weight excluding hydrogens is 302 g/mol. The van der Waals surface area contributed by atoms with E-state index in [4.69, 9.17) is 0 Å². The number of pyridine rings is 1. The van der Waals surface area contributed by atoms with Gasteiger partial charge in [-0.3, -0.25) is 0 Å². The van der Waals surface area contributed by atoms with Gasteiger partial charge in [-0.1, -0.05) is 32.8 Å². The van der Waals surface area contributed by atoms with Gasteiger partial charge in [-0.25, -0.2) is 4.57 Å². The lowest BCUT2D eigenvalue weighted by atomic mass is 9.83. The Balaban J connectivity index is 1.68. The Morgan fingerprint density at radius 3 is 2.36 bits per heavy atom. The second-order valence-corrected chi connectivity index (χ2v) is 9.13. The second kappa shape index (κ2) is 6.27. The molecule has 1 heteroatoms. The van der Waals surface area contributed by atoms with Crippen molar-refractivity contribution in [3.05, 3.63) is 52.7 Å². The van der Waals surface area contributed by atoms with Gasteiger partial charge < -0.3 is 0 Å². The third-order valence-corrected chi connectivity index (χ3v) is 6.46. The van der Waals surface area contributed by atoms with Crippen molar-refractivity contribution in [1.29, 1.82) is 0 Å². The average molecular weight is 335 g/mol. The first kappa shape index (κ1) is 16.8. The molecule has 0 bridgehead atoms. The van der Waals surface area contributed by atoms with Gasteiger partial charge in [0.1, 0.15) is 7.05 Å². The van der Waals surface area contributed by atoms with E-state index < -0.39 is 0 Å². The third kappa shape index (κ3) is 3.14. The third-order valence-electron chi connectivity index (χ3n) is 6.46. The van der Waals surface area contributed by atoms with E-state index in [1.54, 1.807) is 11.1 Å². The number of aromatic nitrogens is 1. The van der Waals surface area contributed by atoms with Gasteiger partial charge in [-0.15, -0.1) is 0 Å². The Morgan fingerprint density at radius 2 is 1.72 bits per heavy atom. The molecule has 2 aliphatic carbocycles. The van der Waals surface area contributed by atoms with Gasteiger partial charge in [-0.05, 0) is 79.2 Å². The van der Waals surface area contributed by atoms with Crippen LogP contribution >= 0.6 is 0 Å². The molecule has 2 aromatic rings. The van der Waals surface area contributed by atoms with Gasteiger partial charge in [0.25, 0.3) is 0 Å². The predicted molar refractivity (Wildman–Crippen MR) is 105 cm³/mol. The van der Waals surface area contributed by atoms with Crippen molar-refractivity contribution >= 4 is 0 Å². The molecule has 4 rings (SSSR count). The Bertz CT molecular complexity index is 794. The normalized spacial score (nSPS) is 18.3. The molecule has 1 spiro atoms. The van der Waals surface area contributed by atoms with Crippen LogP contribution in [0, 0.1) is 18.3 Å². The summed E-state index contributed by atoms with van der Waals surface area (Å²) in [5.74, 6) is 0.704. The van der Waals surface area contributed by atoms with Gasteiger partial charge >= 0.3 is 0 Å². The highest BCUT2D eigenvalue weighted by molar-refractivity contribution is 5.64. The zero-order valence-electron chi connectivity index (χ0n) is 16.4. The van der Waals surface area contributed by atoms with E-state index in [0.717, 1.165) is 6.42 Å². The fraction of sp³-hybridized carbons (Fsp3) is 0.542. The Labute approximate surface area is 153 Å². The number of hydrogen-bond donors (Lipinski definition) is 0. The van der Waals surface area contributed by atoms with Gasteiger partial charge in [0.05, 0.1) is 0 Å². The van der Waals surface area contributed by atoms with Crippen LogP contribution in [0.4, 0.5) is 0 Å². The van der Waals surface area contributed by atoms with Crippen molar-refractivity contribution in [2.75, 3.05) is 0 Å². The molecule has 0 aliphatic heterocycles. The summed E-state index contributed by atoms with van der Waals surface area (Å²) in [5, 5.41) is 0. The van der Waals surface area contributed by atoms with E-state index in [2.05, 4.69) is 62.8 Å². The van der Waals surface area contributed by atoms with Gasteiger partial charge in [0.2, 0.25) is 5.69 Å². The van der Waals surface area contributed by atoms with Crippen molar-refractivity contribution in [2.45, 2.75) is 65.7 Å². The van der Waals surface area contributed by atoms with Crippen LogP contribution in [0.5, 0.6) is 0 Å². The minimum atomic E-state index is 0.608. The first-order valence-corrected chi connectivity index (χ1v) is 10.1. The Hall–Kier alpha value is -1.63. The molecule has 1 aromatic heterocycles.